The van der Waals surface area contributed by atoms with E-state index in [2.05, 4.69) is 22.9 Å². The van der Waals surface area contributed by atoms with Crippen molar-refractivity contribution in [3.05, 3.63) is 62.1 Å². The number of aryl methyl sites for hydroxylation is 1. The van der Waals surface area contributed by atoms with E-state index in [-0.39, 0.29) is 16.5 Å². The SMILES string of the molecule is CC[C@@H]1CCc2sc(C(=O)N3CCN(c4ccc([N+](=O)[O-])c5cnccc45)CC3)cc2C1. The molecule has 0 radical (unpaired) electrons. The van der Waals surface area contributed by atoms with Crippen molar-refractivity contribution < 1.29 is 9.72 Å². The molecule has 1 fully saturated rings. The van der Waals surface area contributed by atoms with Gasteiger partial charge in [-0.3, -0.25) is 19.9 Å². The van der Waals surface area contributed by atoms with Gasteiger partial charge >= 0.3 is 0 Å². The molecule has 0 N–H and O–H groups in total. The Morgan fingerprint density at radius 3 is 2.78 bits per heavy atom. The highest BCUT2D eigenvalue weighted by atomic mass is 32.1. The van der Waals surface area contributed by atoms with Crippen LogP contribution in [0.2, 0.25) is 0 Å². The van der Waals surface area contributed by atoms with Gasteiger partial charge in [0.2, 0.25) is 0 Å². The fourth-order valence-corrected chi connectivity index (χ4v) is 6.13. The zero-order chi connectivity index (χ0) is 22.2. The number of thiophene rings is 1. The number of carbonyl (C=O) groups excluding carboxylic acids is 1. The molecule has 5 rings (SSSR count). The van der Waals surface area contributed by atoms with Gasteiger partial charge < -0.3 is 9.80 Å². The lowest BCUT2D eigenvalue weighted by Crippen LogP contribution is -2.48. The summed E-state index contributed by atoms with van der Waals surface area (Å²) in [5.74, 6) is 0.880. The molecule has 7 nitrogen and oxygen atoms in total. The number of hydrogen-bond donors (Lipinski definition) is 0. The van der Waals surface area contributed by atoms with Crippen molar-refractivity contribution in [1.82, 2.24) is 9.88 Å². The van der Waals surface area contributed by atoms with Crippen LogP contribution in [-0.2, 0) is 12.8 Å². The number of nitrogens with zero attached hydrogens (tertiary/aromatic N) is 4. The molecule has 1 atom stereocenters. The Hall–Kier alpha value is -3.00. The first-order valence-electron chi connectivity index (χ1n) is 11.2. The van der Waals surface area contributed by atoms with Crippen molar-refractivity contribution in [2.75, 3.05) is 31.1 Å². The highest BCUT2D eigenvalue weighted by Crippen LogP contribution is 2.35. The highest BCUT2D eigenvalue weighted by molar-refractivity contribution is 7.14. The molecule has 2 aliphatic rings. The predicted octanol–water partition coefficient (Wildman–Crippen LogP) is 4.68. The first-order valence-corrected chi connectivity index (χ1v) is 12.0. The van der Waals surface area contributed by atoms with E-state index in [1.54, 1.807) is 29.8 Å². The van der Waals surface area contributed by atoms with Crippen LogP contribution < -0.4 is 4.90 Å². The number of aromatic nitrogens is 1. The molecule has 1 saturated heterocycles. The second kappa shape index (κ2) is 8.50. The Balaban J connectivity index is 1.31. The topological polar surface area (TPSA) is 79.6 Å². The van der Waals surface area contributed by atoms with Gasteiger partial charge in [0, 0.05) is 60.6 Å². The number of nitro groups is 1. The highest BCUT2D eigenvalue weighted by Gasteiger charge is 2.28. The maximum atomic E-state index is 13.2. The zero-order valence-corrected chi connectivity index (χ0v) is 18.9. The van der Waals surface area contributed by atoms with Crippen molar-refractivity contribution in [3.8, 4) is 0 Å². The van der Waals surface area contributed by atoms with Crippen molar-refractivity contribution in [2.24, 2.45) is 5.92 Å². The van der Waals surface area contributed by atoms with Crippen LogP contribution in [0.5, 0.6) is 0 Å². The molecule has 166 valence electrons. The lowest BCUT2D eigenvalue weighted by atomic mass is 9.87. The Kier molecular flexibility index (Phi) is 5.55. The van der Waals surface area contributed by atoms with E-state index >= 15 is 0 Å². The number of anilines is 1. The Labute approximate surface area is 190 Å². The van der Waals surface area contributed by atoms with Crippen molar-refractivity contribution >= 4 is 39.4 Å². The number of benzene rings is 1. The molecular formula is C24H26N4O3S. The Morgan fingerprint density at radius 2 is 2.03 bits per heavy atom. The van der Waals surface area contributed by atoms with E-state index in [1.165, 1.54) is 23.3 Å². The lowest BCUT2D eigenvalue weighted by molar-refractivity contribution is -0.383. The first-order chi connectivity index (χ1) is 15.5. The average molecular weight is 451 g/mol. The molecule has 3 heterocycles. The molecule has 0 bridgehead atoms. The normalized spacial score (nSPS) is 18.6. The van der Waals surface area contributed by atoms with Gasteiger partial charge in [-0.1, -0.05) is 13.3 Å². The van der Waals surface area contributed by atoms with Gasteiger partial charge in [0.25, 0.3) is 11.6 Å². The van der Waals surface area contributed by atoms with E-state index < -0.39 is 0 Å². The van der Waals surface area contributed by atoms with E-state index in [0.29, 0.717) is 31.6 Å². The van der Waals surface area contributed by atoms with Crippen molar-refractivity contribution in [2.45, 2.75) is 32.6 Å². The third kappa shape index (κ3) is 3.72. The summed E-state index contributed by atoms with van der Waals surface area (Å²) >= 11 is 1.68. The molecule has 32 heavy (non-hydrogen) atoms. The predicted molar refractivity (Wildman–Crippen MR) is 127 cm³/mol. The zero-order valence-electron chi connectivity index (χ0n) is 18.1. The summed E-state index contributed by atoms with van der Waals surface area (Å²) in [7, 11) is 0. The van der Waals surface area contributed by atoms with E-state index in [9.17, 15) is 14.9 Å². The number of hydrogen-bond acceptors (Lipinski definition) is 6. The molecule has 1 amide bonds. The lowest BCUT2D eigenvalue weighted by Gasteiger charge is -2.36. The number of piperazine rings is 1. The molecule has 2 aromatic heterocycles. The van der Waals surface area contributed by atoms with Crippen LogP contribution in [-0.4, -0.2) is 46.9 Å². The second-order valence-electron chi connectivity index (χ2n) is 8.64. The maximum Gasteiger partial charge on any atom is 0.278 e. The van der Waals surface area contributed by atoms with Gasteiger partial charge in [-0.15, -0.1) is 11.3 Å². The quantitative estimate of drug-likeness (QED) is 0.426. The molecular weight excluding hydrogens is 424 g/mol. The number of amides is 1. The average Bonchev–Trinajstić information content (AvgIpc) is 3.26. The van der Waals surface area contributed by atoms with Crippen LogP contribution >= 0.6 is 11.3 Å². The monoisotopic (exact) mass is 450 g/mol. The minimum atomic E-state index is -0.367. The summed E-state index contributed by atoms with van der Waals surface area (Å²) in [6.45, 7) is 4.93. The first kappa shape index (κ1) is 20.9. The Bertz CT molecular complexity index is 1180. The largest absolute Gasteiger partial charge is 0.367 e. The van der Waals surface area contributed by atoms with Crippen molar-refractivity contribution in [3.63, 3.8) is 0 Å². The fourth-order valence-electron chi connectivity index (χ4n) is 4.95. The molecule has 1 aliphatic heterocycles. The van der Waals surface area contributed by atoms with Gasteiger partial charge in [-0.05, 0) is 48.9 Å². The number of carbonyl (C=O) groups is 1. The Morgan fingerprint density at radius 1 is 1.22 bits per heavy atom. The summed E-state index contributed by atoms with van der Waals surface area (Å²) < 4.78 is 0. The van der Waals surface area contributed by atoms with Gasteiger partial charge in [-0.25, -0.2) is 0 Å². The van der Waals surface area contributed by atoms with Crippen LogP contribution in [0, 0.1) is 16.0 Å². The summed E-state index contributed by atoms with van der Waals surface area (Å²) in [6, 6.07) is 7.33. The smallest absolute Gasteiger partial charge is 0.278 e. The maximum absolute atomic E-state index is 13.2. The second-order valence-corrected chi connectivity index (χ2v) is 9.77. The number of rotatable bonds is 4. The molecule has 1 aromatic carbocycles. The molecule has 0 saturated carbocycles. The number of nitro benzene ring substituents is 1. The number of pyridine rings is 1. The van der Waals surface area contributed by atoms with Gasteiger partial charge in [0.15, 0.2) is 0 Å². The fraction of sp³-hybridized carbons (Fsp3) is 0.417. The van der Waals surface area contributed by atoms with Crippen LogP contribution in [0.1, 0.15) is 39.9 Å². The summed E-state index contributed by atoms with van der Waals surface area (Å²) in [4.78, 5) is 34.7. The van der Waals surface area contributed by atoms with Gasteiger partial charge in [0.1, 0.15) is 0 Å². The number of fused-ring (bicyclic) bond motifs is 2. The molecule has 0 spiro atoms. The molecule has 3 aromatic rings. The van der Waals surface area contributed by atoms with Crippen LogP contribution in [0.4, 0.5) is 11.4 Å². The minimum absolute atomic E-state index is 0.0673. The van der Waals surface area contributed by atoms with Crippen LogP contribution in [0.25, 0.3) is 10.8 Å². The van der Waals surface area contributed by atoms with E-state index in [0.717, 1.165) is 34.7 Å². The van der Waals surface area contributed by atoms with E-state index in [1.807, 2.05) is 17.0 Å². The van der Waals surface area contributed by atoms with Gasteiger partial charge in [-0.2, -0.15) is 0 Å². The van der Waals surface area contributed by atoms with E-state index in [4.69, 9.17) is 0 Å². The molecule has 1 aliphatic carbocycles. The third-order valence-corrected chi connectivity index (χ3v) is 8.07. The van der Waals surface area contributed by atoms with Crippen molar-refractivity contribution in [1.29, 1.82) is 0 Å². The number of non-ortho nitro benzene ring substituents is 1. The van der Waals surface area contributed by atoms with Gasteiger partial charge in [0.05, 0.1) is 15.2 Å². The summed E-state index contributed by atoms with van der Waals surface area (Å²) in [6.07, 6.45) is 7.85. The third-order valence-electron chi connectivity index (χ3n) is 6.85. The molecule has 8 heteroatoms. The molecule has 0 unspecified atom stereocenters. The van der Waals surface area contributed by atoms with Crippen LogP contribution in [0.3, 0.4) is 0 Å². The standard InChI is InChI=1S/C24H26N4O3S/c1-2-16-3-6-22-17(13-16)14-23(32-22)24(29)27-11-9-26(10-12-27)20-4-5-21(28(30)31)19-15-25-8-7-18(19)20/h4-5,7-8,14-16H,2-3,6,9-13H2,1H3/t16-/m1/s1. The van der Waals surface area contributed by atoms with Crippen LogP contribution in [0.15, 0.2) is 36.7 Å². The summed E-state index contributed by atoms with van der Waals surface area (Å²) in [5, 5.41) is 12.8. The minimum Gasteiger partial charge on any atom is -0.367 e. The summed E-state index contributed by atoms with van der Waals surface area (Å²) in [5.41, 5.74) is 2.40.